The van der Waals surface area contributed by atoms with Gasteiger partial charge in [0.2, 0.25) is 0 Å². The van der Waals surface area contributed by atoms with Gasteiger partial charge in [-0.05, 0) is 90.0 Å². The van der Waals surface area contributed by atoms with Crippen molar-refractivity contribution in [2.24, 2.45) is 0 Å². The van der Waals surface area contributed by atoms with Gasteiger partial charge in [-0.2, -0.15) is 0 Å². The molecule has 1 aliphatic heterocycles. The van der Waals surface area contributed by atoms with E-state index < -0.39 is 31.6 Å². The molecule has 9 nitrogen and oxygen atoms in total. The van der Waals surface area contributed by atoms with Crippen LogP contribution in [0.1, 0.15) is 62.3 Å². The number of pyridine rings is 1. The van der Waals surface area contributed by atoms with Crippen molar-refractivity contribution in [1.29, 1.82) is 0 Å². The smallest absolute Gasteiger partial charge is 0.410 e. The monoisotopic (exact) mass is 573 g/mol. The maximum absolute atomic E-state index is 13.0. The molecule has 0 bridgehead atoms. The number of likely N-dealkylation sites (tertiary alicyclic amines) is 1. The number of nitrogens with zero attached hydrogens (tertiary/aromatic N) is 2. The summed E-state index contributed by atoms with van der Waals surface area (Å²) >= 11 is 0. The van der Waals surface area contributed by atoms with E-state index >= 15 is 0 Å². The lowest BCUT2D eigenvalue weighted by atomic mass is 10.1. The van der Waals surface area contributed by atoms with Gasteiger partial charge < -0.3 is 28.9 Å². The highest BCUT2D eigenvalue weighted by atomic mass is 28.4. The van der Waals surface area contributed by atoms with Gasteiger partial charge in [0.15, 0.2) is 14.4 Å². The molecule has 1 amide bonds. The van der Waals surface area contributed by atoms with Crippen molar-refractivity contribution in [3.05, 3.63) is 30.3 Å². The molecule has 1 saturated heterocycles. The number of carbonyl (C=O) groups is 2. The summed E-state index contributed by atoms with van der Waals surface area (Å²) in [7, 11) is -2.25. The Morgan fingerprint density at radius 2 is 1.60 bits per heavy atom. The van der Waals surface area contributed by atoms with E-state index in [-0.39, 0.29) is 23.8 Å². The molecule has 40 heavy (non-hydrogen) atoms. The van der Waals surface area contributed by atoms with E-state index in [4.69, 9.17) is 23.6 Å². The van der Waals surface area contributed by atoms with Gasteiger partial charge in [-0.25, -0.2) is 14.6 Å². The molecule has 0 aliphatic carbocycles. The quantitative estimate of drug-likeness (QED) is 0.287. The number of ether oxygens (including phenoxy) is 3. The molecule has 1 atom stereocenters. The number of benzene rings is 1. The number of anilines is 1. The number of amides is 1. The second-order valence-electron chi connectivity index (χ2n) is 14.0. The van der Waals surface area contributed by atoms with Gasteiger partial charge in [0.1, 0.15) is 29.4 Å². The zero-order valence-electron chi connectivity index (χ0n) is 26.0. The zero-order chi connectivity index (χ0) is 30.1. The minimum atomic E-state index is -2.25. The van der Waals surface area contributed by atoms with Gasteiger partial charge >= 0.3 is 12.1 Å². The van der Waals surface area contributed by atoms with Crippen LogP contribution < -0.4 is 10.1 Å². The van der Waals surface area contributed by atoms with Crippen LogP contribution in [0.4, 0.5) is 10.6 Å². The lowest BCUT2D eigenvalue weighted by Crippen LogP contribution is -2.58. The first-order chi connectivity index (χ1) is 18.2. The lowest BCUT2D eigenvalue weighted by Gasteiger charge is -2.40. The van der Waals surface area contributed by atoms with Crippen LogP contribution in [0.3, 0.4) is 0 Å². The van der Waals surface area contributed by atoms with E-state index in [1.165, 1.54) is 0 Å². The second kappa shape index (κ2) is 11.6. The minimum Gasteiger partial charge on any atom is -0.490 e. The number of nitrogens with one attached hydrogen (secondary N) is 1. The van der Waals surface area contributed by atoms with Gasteiger partial charge in [-0.15, -0.1) is 0 Å². The normalized spacial score (nSPS) is 15.8. The van der Waals surface area contributed by atoms with Crippen molar-refractivity contribution in [3.8, 4) is 5.75 Å². The number of hydrogen-bond acceptors (Lipinski definition) is 8. The summed E-state index contributed by atoms with van der Waals surface area (Å²) in [5.41, 5.74) is -0.325. The molecule has 0 radical (unpaired) electrons. The van der Waals surface area contributed by atoms with Crippen molar-refractivity contribution in [1.82, 2.24) is 9.88 Å². The van der Waals surface area contributed by atoms with Crippen LogP contribution in [-0.4, -0.2) is 73.3 Å². The zero-order valence-corrected chi connectivity index (χ0v) is 27.0. The fraction of sp³-hybridized carbons (Fsp3) is 0.633. The van der Waals surface area contributed by atoms with Crippen LogP contribution in [0, 0.1) is 0 Å². The average molecular weight is 574 g/mol. The summed E-state index contributed by atoms with van der Waals surface area (Å²) in [6.45, 7) is 22.9. The van der Waals surface area contributed by atoms with Crippen LogP contribution in [0.5, 0.6) is 5.75 Å². The Balaban J connectivity index is 1.63. The van der Waals surface area contributed by atoms with E-state index in [9.17, 15) is 9.59 Å². The fourth-order valence-electron chi connectivity index (χ4n) is 3.75. The highest BCUT2D eigenvalue weighted by Gasteiger charge is 2.42. The summed E-state index contributed by atoms with van der Waals surface area (Å²) in [5.74, 6) is 0.939. The molecule has 222 valence electrons. The molecule has 2 heterocycles. The number of fused-ring (bicyclic) bond motifs is 1. The first-order valence-corrected chi connectivity index (χ1v) is 16.8. The highest BCUT2D eigenvalue weighted by Crippen LogP contribution is 2.37. The lowest BCUT2D eigenvalue weighted by molar-refractivity contribution is -0.165. The third-order valence-electron chi connectivity index (χ3n) is 6.86. The summed E-state index contributed by atoms with van der Waals surface area (Å²) in [5, 5.41) is 4.22. The van der Waals surface area contributed by atoms with Crippen molar-refractivity contribution in [3.63, 3.8) is 0 Å². The molecular weight excluding hydrogens is 526 g/mol. The minimum absolute atomic E-state index is 0.0514. The van der Waals surface area contributed by atoms with Crippen LogP contribution >= 0.6 is 0 Å². The van der Waals surface area contributed by atoms with Gasteiger partial charge in [0.25, 0.3) is 0 Å². The van der Waals surface area contributed by atoms with Gasteiger partial charge in [-0.1, -0.05) is 20.8 Å². The van der Waals surface area contributed by atoms with Gasteiger partial charge in [0, 0.05) is 18.5 Å². The molecule has 1 aliphatic rings. The molecule has 1 fully saturated rings. The molecule has 0 saturated carbocycles. The highest BCUT2D eigenvalue weighted by molar-refractivity contribution is 6.74. The molecule has 0 unspecified atom stereocenters. The maximum Gasteiger partial charge on any atom is 0.410 e. The number of hydrogen-bond donors (Lipinski definition) is 1. The van der Waals surface area contributed by atoms with E-state index in [1.807, 2.05) is 71.9 Å². The van der Waals surface area contributed by atoms with Crippen LogP contribution in [0.2, 0.25) is 18.1 Å². The van der Waals surface area contributed by atoms with Crippen LogP contribution in [-0.2, 0) is 18.7 Å². The first kappa shape index (κ1) is 31.7. The molecule has 1 aromatic heterocycles. The third-order valence-corrected chi connectivity index (χ3v) is 11.3. The van der Waals surface area contributed by atoms with Crippen LogP contribution in [0.15, 0.2) is 30.3 Å². The Bertz CT molecular complexity index is 1210. The van der Waals surface area contributed by atoms with E-state index in [1.54, 1.807) is 4.90 Å². The molecule has 3 rings (SSSR count). The van der Waals surface area contributed by atoms with E-state index in [0.717, 1.165) is 16.7 Å². The second-order valence-corrected chi connectivity index (χ2v) is 18.7. The van der Waals surface area contributed by atoms with Crippen molar-refractivity contribution < 1.29 is 28.2 Å². The number of rotatable bonds is 8. The van der Waals surface area contributed by atoms with Crippen molar-refractivity contribution in [2.75, 3.05) is 25.0 Å². The SMILES string of the molecule is CC(C)(C)OC(=O)[C@@H](COc1ccc2nc(NC3CN(C(=O)OC(C)(C)C)C3)ccc2c1)O[Si](C)(C)C(C)(C)C. The average Bonchev–Trinajstić information content (AvgIpc) is 2.75. The largest absolute Gasteiger partial charge is 0.490 e. The molecular formula is C30H47N3O6Si. The summed E-state index contributed by atoms with van der Waals surface area (Å²) in [4.78, 5) is 31.6. The molecule has 10 heteroatoms. The van der Waals surface area contributed by atoms with E-state index in [0.29, 0.717) is 18.8 Å². The maximum atomic E-state index is 13.0. The number of aromatic nitrogens is 1. The summed E-state index contributed by atoms with van der Waals surface area (Å²) in [6.07, 6.45) is -1.13. The molecule has 1 N–H and O–H groups in total. The fourth-order valence-corrected chi connectivity index (χ4v) is 4.98. The Morgan fingerprint density at radius 1 is 0.975 bits per heavy atom. The van der Waals surface area contributed by atoms with Crippen molar-refractivity contribution in [2.45, 2.75) is 104 Å². The van der Waals surface area contributed by atoms with E-state index in [2.05, 4.69) is 39.2 Å². The molecule has 1 aromatic carbocycles. The molecule has 0 spiro atoms. The standard InChI is InChI=1S/C30H47N3O6Si/c1-28(2,3)37-26(34)24(39-40(10,11)30(7,8)9)19-36-22-13-14-23-20(16-22)12-15-25(32-23)31-21-17-33(18-21)27(35)38-29(4,5)6/h12-16,21,24H,17-19H2,1-11H3,(H,31,32)/t24-/m1/s1. The summed E-state index contributed by atoms with van der Waals surface area (Å²) in [6, 6.07) is 9.63. The molecule has 2 aromatic rings. The number of carbonyl (C=O) groups excluding carboxylic acids is 2. The van der Waals surface area contributed by atoms with Gasteiger partial charge in [-0.3, -0.25) is 0 Å². The topological polar surface area (TPSA) is 99.2 Å². The first-order valence-electron chi connectivity index (χ1n) is 13.9. The Morgan fingerprint density at radius 3 is 2.17 bits per heavy atom. The Hall–Kier alpha value is -2.85. The predicted molar refractivity (Wildman–Crippen MR) is 160 cm³/mol. The predicted octanol–water partition coefficient (Wildman–Crippen LogP) is 6.38. The Labute approximate surface area is 240 Å². The van der Waals surface area contributed by atoms with Crippen LogP contribution in [0.25, 0.3) is 10.9 Å². The van der Waals surface area contributed by atoms with Crippen molar-refractivity contribution >= 4 is 37.1 Å². The van der Waals surface area contributed by atoms with Gasteiger partial charge in [0.05, 0.1) is 11.6 Å². The number of esters is 1. The third kappa shape index (κ3) is 8.82. The Kier molecular flexibility index (Phi) is 9.15. The summed E-state index contributed by atoms with van der Waals surface area (Å²) < 4.78 is 23.6.